The minimum Gasteiger partial charge on any atom is -0.379 e. The van der Waals surface area contributed by atoms with Crippen LogP contribution in [0.1, 0.15) is 36.3 Å². The molecule has 0 saturated carbocycles. The second kappa shape index (κ2) is 11.0. The molecule has 1 aromatic carbocycles. The predicted molar refractivity (Wildman–Crippen MR) is 112 cm³/mol. The lowest BCUT2D eigenvalue weighted by Crippen LogP contribution is -2.41. The van der Waals surface area contributed by atoms with Crippen LogP contribution in [-0.2, 0) is 15.9 Å². The van der Waals surface area contributed by atoms with Gasteiger partial charge in [0.15, 0.2) is 5.96 Å². The molecule has 0 amide bonds. The van der Waals surface area contributed by atoms with Crippen LogP contribution in [0.2, 0.25) is 0 Å². The number of benzene rings is 1. The van der Waals surface area contributed by atoms with Crippen LogP contribution in [0, 0.1) is 0 Å². The normalized spacial score (nSPS) is 21.9. The highest BCUT2D eigenvalue weighted by Crippen LogP contribution is 2.33. The number of nitrogens with zero attached hydrogens (tertiary/aromatic N) is 1. The highest BCUT2D eigenvalue weighted by molar-refractivity contribution is 14.0. The maximum absolute atomic E-state index is 5.67. The van der Waals surface area contributed by atoms with Crippen LogP contribution < -0.4 is 10.6 Å². The van der Waals surface area contributed by atoms with Crippen molar-refractivity contribution in [3.8, 4) is 0 Å². The summed E-state index contributed by atoms with van der Waals surface area (Å²) in [6.45, 7) is 4.19. The smallest absolute Gasteiger partial charge is 0.190 e. The van der Waals surface area contributed by atoms with E-state index >= 15 is 0 Å². The van der Waals surface area contributed by atoms with Crippen molar-refractivity contribution in [1.29, 1.82) is 0 Å². The molecule has 1 aliphatic carbocycles. The lowest BCUT2D eigenvalue weighted by molar-refractivity contribution is 0.0168. The quantitative estimate of drug-likeness (QED) is 0.272. The molecule has 0 spiro atoms. The lowest BCUT2D eigenvalue weighted by atomic mass is 9.78. The Hall–Kier alpha value is -0.860. The molecular weight excluding hydrogens is 429 g/mol. The van der Waals surface area contributed by atoms with Gasteiger partial charge < -0.3 is 20.1 Å². The maximum Gasteiger partial charge on any atom is 0.190 e. The summed E-state index contributed by atoms with van der Waals surface area (Å²) in [6.07, 6.45) is 4.76. The zero-order chi connectivity index (χ0) is 16.6. The van der Waals surface area contributed by atoms with E-state index in [1.807, 2.05) is 7.05 Å². The van der Waals surface area contributed by atoms with E-state index in [0.29, 0.717) is 12.0 Å². The minimum absolute atomic E-state index is 0. The van der Waals surface area contributed by atoms with E-state index in [-0.39, 0.29) is 24.0 Å². The van der Waals surface area contributed by atoms with E-state index in [4.69, 9.17) is 9.47 Å². The Kier molecular flexibility index (Phi) is 8.98. The molecule has 25 heavy (non-hydrogen) atoms. The standard InChI is InChI=1S/C19H29N3O2.HI/c1-20-19(21-9-5-10-23-14-17-7-4-11-24-17)22-13-16-12-15-6-2-3-8-18(15)16;/h2-3,6,8,16-17H,4-5,7,9-14H2,1H3,(H2,20,21,22);1H. The Labute approximate surface area is 168 Å². The molecule has 2 unspecified atom stereocenters. The predicted octanol–water partition coefficient (Wildman–Crippen LogP) is 2.70. The van der Waals surface area contributed by atoms with Gasteiger partial charge >= 0.3 is 0 Å². The zero-order valence-electron chi connectivity index (χ0n) is 15.0. The van der Waals surface area contributed by atoms with Crippen molar-refractivity contribution < 1.29 is 9.47 Å². The van der Waals surface area contributed by atoms with Crippen molar-refractivity contribution >= 4 is 29.9 Å². The zero-order valence-corrected chi connectivity index (χ0v) is 17.3. The fourth-order valence-electron chi connectivity index (χ4n) is 3.36. The first kappa shape index (κ1) is 20.5. The van der Waals surface area contributed by atoms with Gasteiger partial charge in [-0.05, 0) is 36.8 Å². The average molecular weight is 459 g/mol. The van der Waals surface area contributed by atoms with Crippen LogP contribution in [0.3, 0.4) is 0 Å². The Morgan fingerprint density at radius 3 is 2.96 bits per heavy atom. The Morgan fingerprint density at radius 2 is 2.20 bits per heavy atom. The second-order valence-corrected chi connectivity index (χ2v) is 6.54. The molecule has 1 fully saturated rings. The fraction of sp³-hybridized carbons (Fsp3) is 0.632. The highest BCUT2D eigenvalue weighted by Gasteiger charge is 2.25. The average Bonchev–Trinajstić information content (AvgIpc) is 3.10. The summed E-state index contributed by atoms with van der Waals surface area (Å²) in [4.78, 5) is 4.29. The molecule has 1 aromatic rings. The topological polar surface area (TPSA) is 54.9 Å². The third-order valence-electron chi connectivity index (χ3n) is 4.79. The van der Waals surface area contributed by atoms with Crippen LogP contribution >= 0.6 is 24.0 Å². The molecule has 0 aromatic heterocycles. The highest BCUT2D eigenvalue weighted by atomic mass is 127. The maximum atomic E-state index is 5.67. The summed E-state index contributed by atoms with van der Waals surface area (Å²) >= 11 is 0. The van der Waals surface area contributed by atoms with Gasteiger partial charge in [-0.3, -0.25) is 4.99 Å². The summed E-state index contributed by atoms with van der Waals surface area (Å²) < 4.78 is 11.2. The van der Waals surface area contributed by atoms with Gasteiger partial charge in [0.2, 0.25) is 0 Å². The first-order valence-electron chi connectivity index (χ1n) is 9.08. The molecular formula is C19H30IN3O2. The Bertz CT molecular complexity index is 547. The van der Waals surface area contributed by atoms with Gasteiger partial charge in [-0.2, -0.15) is 0 Å². The van der Waals surface area contributed by atoms with Gasteiger partial charge in [0, 0.05) is 39.3 Å². The van der Waals surface area contributed by atoms with Gasteiger partial charge in [-0.25, -0.2) is 0 Å². The van der Waals surface area contributed by atoms with Crippen molar-refractivity contribution in [2.24, 2.45) is 4.99 Å². The van der Waals surface area contributed by atoms with Crippen molar-refractivity contribution in [3.63, 3.8) is 0 Å². The van der Waals surface area contributed by atoms with Gasteiger partial charge in [-0.15, -0.1) is 24.0 Å². The van der Waals surface area contributed by atoms with Crippen molar-refractivity contribution in [2.75, 3.05) is 40.0 Å². The molecule has 3 rings (SSSR count). The van der Waals surface area contributed by atoms with Crippen LogP contribution in [0.25, 0.3) is 0 Å². The van der Waals surface area contributed by atoms with Crippen molar-refractivity contribution in [1.82, 2.24) is 10.6 Å². The first-order valence-corrected chi connectivity index (χ1v) is 9.08. The minimum atomic E-state index is 0. The Morgan fingerprint density at radius 1 is 1.32 bits per heavy atom. The monoisotopic (exact) mass is 459 g/mol. The lowest BCUT2D eigenvalue weighted by Gasteiger charge is -2.30. The summed E-state index contributed by atoms with van der Waals surface area (Å²) in [7, 11) is 1.82. The third-order valence-corrected chi connectivity index (χ3v) is 4.79. The van der Waals surface area contributed by atoms with E-state index in [1.54, 1.807) is 0 Å². The van der Waals surface area contributed by atoms with E-state index in [0.717, 1.165) is 58.1 Å². The van der Waals surface area contributed by atoms with Gasteiger partial charge in [0.25, 0.3) is 0 Å². The number of hydrogen-bond donors (Lipinski definition) is 2. The largest absolute Gasteiger partial charge is 0.379 e. The van der Waals surface area contributed by atoms with Gasteiger partial charge in [0.1, 0.15) is 0 Å². The van der Waals surface area contributed by atoms with E-state index < -0.39 is 0 Å². The molecule has 0 bridgehead atoms. The van der Waals surface area contributed by atoms with E-state index in [2.05, 4.69) is 39.9 Å². The second-order valence-electron chi connectivity index (χ2n) is 6.54. The number of guanidine groups is 1. The number of rotatable bonds is 8. The summed E-state index contributed by atoms with van der Waals surface area (Å²) in [5.41, 5.74) is 2.96. The molecule has 6 heteroatoms. The molecule has 140 valence electrons. The SMILES string of the molecule is CN=C(NCCCOCC1CCCO1)NCC1Cc2ccccc21.I. The first-order chi connectivity index (χ1) is 11.9. The Balaban J connectivity index is 0.00000225. The van der Waals surface area contributed by atoms with E-state index in [1.165, 1.54) is 17.5 Å². The molecule has 5 nitrogen and oxygen atoms in total. The fourth-order valence-corrected chi connectivity index (χ4v) is 3.36. The number of ether oxygens (including phenoxy) is 2. The number of fused-ring (bicyclic) bond motifs is 1. The molecule has 0 radical (unpaired) electrons. The number of hydrogen-bond acceptors (Lipinski definition) is 3. The summed E-state index contributed by atoms with van der Waals surface area (Å²) in [6, 6.07) is 8.68. The summed E-state index contributed by atoms with van der Waals surface area (Å²) in [5.74, 6) is 1.48. The number of halogens is 1. The molecule has 2 aliphatic rings. The molecule has 1 saturated heterocycles. The van der Waals surface area contributed by atoms with Crippen LogP contribution in [-0.4, -0.2) is 52.0 Å². The van der Waals surface area contributed by atoms with Gasteiger partial charge in [-0.1, -0.05) is 24.3 Å². The summed E-state index contributed by atoms with van der Waals surface area (Å²) in [5, 5.41) is 6.78. The van der Waals surface area contributed by atoms with Crippen LogP contribution in [0.5, 0.6) is 0 Å². The van der Waals surface area contributed by atoms with E-state index in [9.17, 15) is 0 Å². The van der Waals surface area contributed by atoms with Crippen LogP contribution in [0.4, 0.5) is 0 Å². The molecule has 1 aliphatic heterocycles. The van der Waals surface area contributed by atoms with Crippen LogP contribution in [0.15, 0.2) is 29.3 Å². The number of aliphatic imine (C=N–C) groups is 1. The molecule has 2 atom stereocenters. The molecule has 1 heterocycles. The molecule has 2 N–H and O–H groups in total. The third kappa shape index (κ3) is 6.11. The van der Waals surface area contributed by atoms with Gasteiger partial charge in [0.05, 0.1) is 12.7 Å². The van der Waals surface area contributed by atoms with Crippen molar-refractivity contribution in [2.45, 2.75) is 37.7 Å². The number of nitrogens with one attached hydrogen (secondary N) is 2. The van der Waals surface area contributed by atoms with Crippen molar-refractivity contribution in [3.05, 3.63) is 35.4 Å².